The Bertz CT molecular complexity index is 1680. The average molecular weight is 709 g/mol. The van der Waals surface area contributed by atoms with Crippen LogP contribution in [-0.2, 0) is 42.4 Å². The van der Waals surface area contributed by atoms with Gasteiger partial charge in [-0.25, -0.2) is 4.79 Å². The first kappa shape index (κ1) is 36.0. The average Bonchev–Trinajstić information content (AvgIpc) is 3.57. The number of fused-ring (bicyclic) bond motifs is 1. The van der Waals surface area contributed by atoms with E-state index in [1.54, 1.807) is 17.9 Å². The van der Waals surface area contributed by atoms with Crippen molar-refractivity contribution in [2.45, 2.75) is 50.3 Å². The fourth-order valence-corrected chi connectivity index (χ4v) is 6.59. The van der Waals surface area contributed by atoms with E-state index >= 15 is 0 Å². The summed E-state index contributed by atoms with van der Waals surface area (Å²) in [6.07, 6.45) is 2.41. The Labute approximate surface area is 281 Å². The summed E-state index contributed by atoms with van der Waals surface area (Å²) in [5, 5.41) is 29.8. The Morgan fingerprint density at radius 1 is 1.25 bits per heavy atom. The molecule has 2 aliphatic rings. The van der Waals surface area contributed by atoms with Gasteiger partial charge in [-0.15, -0.1) is 21.1 Å². The van der Waals surface area contributed by atoms with Crippen LogP contribution in [-0.4, -0.2) is 95.3 Å². The summed E-state index contributed by atoms with van der Waals surface area (Å²) in [6.45, 7) is 2.98. The highest BCUT2D eigenvalue weighted by atomic mass is 32.2. The van der Waals surface area contributed by atoms with E-state index in [1.165, 1.54) is 30.3 Å². The van der Waals surface area contributed by atoms with Gasteiger partial charge in [-0.1, -0.05) is 5.16 Å². The van der Waals surface area contributed by atoms with Crippen molar-refractivity contribution in [2.75, 3.05) is 35.6 Å². The van der Waals surface area contributed by atoms with E-state index in [2.05, 4.69) is 25.1 Å². The van der Waals surface area contributed by atoms with Gasteiger partial charge in [0.2, 0.25) is 29.2 Å². The van der Waals surface area contributed by atoms with E-state index in [-0.39, 0.29) is 40.7 Å². The Kier molecular flexibility index (Phi) is 10.9. The first-order chi connectivity index (χ1) is 22.6. The van der Waals surface area contributed by atoms with Crippen molar-refractivity contribution >= 4 is 75.3 Å². The number of aliphatic carboxylic acids is 2. The van der Waals surface area contributed by atoms with Crippen molar-refractivity contribution in [2.24, 2.45) is 29.6 Å². The molecule has 1 fully saturated rings. The van der Waals surface area contributed by atoms with Crippen LogP contribution >= 0.6 is 23.3 Å². The van der Waals surface area contributed by atoms with Crippen LogP contribution in [0.2, 0.25) is 0 Å². The lowest BCUT2D eigenvalue weighted by atomic mass is 10.0. The number of amides is 3. The van der Waals surface area contributed by atoms with Crippen molar-refractivity contribution < 1.29 is 43.7 Å². The summed E-state index contributed by atoms with van der Waals surface area (Å²) in [4.78, 5) is 73.2. The predicted molar refractivity (Wildman–Crippen MR) is 170 cm³/mol. The summed E-state index contributed by atoms with van der Waals surface area (Å²) in [6, 6.07) is -1.19. The van der Waals surface area contributed by atoms with Crippen LogP contribution in [0.1, 0.15) is 32.5 Å². The molecule has 4 rings (SSSR count). The largest absolute Gasteiger partial charge is 0.543 e. The maximum absolute atomic E-state index is 13.3. The minimum Gasteiger partial charge on any atom is -0.543 e. The molecule has 0 aromatic carbocycles. The molecule has 22 heteroatoms. The van der Waals surface area contributed by atoms with Crippen molar-refractivity contribution in [1.82, 2.24) is 24.3 Å². The predicted octanol–water partition coefficient (Wildman–Crippen LogP) is -3.73. The van der Waals surface area contributed by atoms with Crippen LogP contribution in [0.5, 0.6) is 0 Å². The van der Waals surface area contributed by atoms with Gasteiger partial charge in [0.1, 0.15) is 11.4 Å². The third-order valence-corrected chi connectivity index (χ3v) is 9.46. The number of rotatable bonds is 15. The topological polar surface area (TPSA) is 316 Å². The molecule has 260 valence electrons. The normalized spacial score (nSPS) is 18.0. The summed E-state index contributed by atoms with van der Waals surface area (Å²) >= 11 is 1.93. The molecule has 0 aliphatic carbocycles. The molecule has 1 saturated heterocycles. The number of aromatic nitrogens is 4. The lowest BCUT2D eigenvalue weighted by Crippen LogP contribution is -2.71. The van der Waals surface area contributed by atoms with Gasteiger partial charge in [0, 0.05) is 28.8 Å². The number of hydrogen-bond donors (Lipinski definition) is 7. The third-order valence-electron chi connectivity index (χ3n) is 7.58. The maximum Gasteiger partial charge on any atom is 0.350 e. The minimum absolute atomic E-state index is 0.0114. The lowest BCUT2D eigenvalue weighted by molar-refractivity contribution is -0.765. The summed E-state index contributed by atoms with van der Waals surface area (Å²) < 4.78 is 7.01. The van der Waals surface area contributed by atoms with Crippen LogP contribution in [0.25, 0.3) is 0 Å². The van der Waals surface area contributed by atoms with Crippen LogP contribution in [0.3, 0.4) is 0 Å². The number of β-lactam (4-membered cyclic amide) rings is 1. The zero-order valence-electron chi connectivity index (χ0n) is 26.2. The van der Waals surface area contributed by atoms with E-state index < -0.39 is 52.4 Å². The molecule has 20 nitrogen and oxygen atoms in total. The minimum atomic E-state index is -1.83. The first-order valence-corrected chi connectivity index (χ1v) is 16.3. The van der Waals surface area contributed by atoms with E-state index in [0.717, 1.165) is 16.4 Å². The molecular weight excluding hydrogens is 672 g/mol. The molecule has 2 aromatic rings. The molecule has 11 N–H and O–H groups in total. The number of nitrogens with zero attached hydrogens (tertiary/aromatic N) is 6. The zero-order valence-corrected chi connectivity index (χ0v) is 27.8. The van der Waals surface area contributed by atoms with Gasteiger partial charge in [-0.3, -0.25) is 19.3 Å². The van der Waals surface area contributed by atoms with E-state index in [9.17, 15) is 34.2 Å². The molecule has 0 radical (unpaired) electrons. The van der Waals surface area contributed by atoms with Crippen LogP contribution in [0.15, 0.2) is 22.6 Å². The number of carbonyl (C=O) groups is 5. The number of nitrogens with one attached hydrogen (secondary N) is 2. The number of oxime groups is 1. The van der Waals surface area contributed by atoms with Crippen molar-refractivity contribution in [3.63, 3.8) is 0 Å². The highest BCUT2D eigenvalue weighted by Crippen LogP contribution is 2.40. The second kappa shape index (κ2) is 14.5. The van der Waals surface area contributed by atoms with Crippen molar-refractivity contribution in [3.05, 3.63) is 23.3 Å². The zero-order chi connectivity index (χ0) is 35.5. The number of carboxylic acids is 2. The molecule has 2 atom stereocenters. The fourth-order valence-electron chi connectivity index (χ4n) is 4.82. The molecule has 0 bridgehead atoms. The smallest absolute Gasteiger partial charge is 0.350 e. The second-order valence-corrected chi connectivity index (χ2v) is 13.2. The Hall–Kier alpha value is -4.80. The molecule has 0 unspecified atom stereocenters. The molecule has 3 amide bonds. The number of nitrogen functional groups attached to an aromatic ring is 2. The van der Waals surface area contributed by atoms with Crippen LogP contribution in [0.4, 0.5) is 16.6 Å². The van der Waals surface area contributed by atoms with Gasteiger partial charge in [0.05, 0.1) is 18.7 Å². The molecule has 0 spiro atoms. The first-order valence-electron chi connectivity index (χ1n) is 14.4. The maximum atomic E-state index is 13.3. The summed E-state index contributed by atoms with van der Waals surface area (Å²) in [5.74, 6) is -5.37. The van der Waals surface area contributed by atoms with Gasteiger partial charge in [-0.2, -0.15) is 9.36 Å². The SMILES string of the molecule is Cn1c(N)c(NC(=O)C(CCN)CCN)c[n+]1CC1=C(C(=O)[O-])N2C(=O)[C@@H](NC(=O)/C(=N\OC(C)(C)C(=O)O)c3nsc(N)n3)[C@H]2SC1. The standard InChI is InChI=1S/C26H36N12O8S2/c1-26(2,24(44)45)46-34-14(18-33-25(30)48-35-18)20(40)32-15-21(41)38-16(23(42)43)12(10-47-22(15)38)8-37-9-13(17(29)36(37)3)31-19(39)11(4-6-27)5-7-28/h9,11,15,22,29H,4-8,10,27-28H2,1-3H3,(H6,30,31,32,33,35,39,40,42,43,44,45)/b34-14-/t15-,22-/m1/s1. The lowest BCUT2D eigenvalue weighted by Gasteiger charge is -2.50. The Balaban J connectivity index is 1.54. The van der Waals surface area contributed by atoms with Gasteiger partial charge in [-0.05, 0) is 39.8 Å². The van der Waals surface area contributed by atoms with Gasteiger partial charge >= 0.3 is 5.97 Å². The molecule has 4 heterocycles. The summed E-state index contributed by atoms with van der Waals surface area (Å²) in [5.41, 5.74) is 21.0. The monoisotopic (exact) mass is 708 g/mol. The quantitative estimate of drug-likeness (QED) is 0.0405. The number of nitrogens with two attached hydrogens (primary N) is 4. The third kappa shape index (κ3) is 7.35. The molecule has 2 aromatic heterocycles. The Morgan fingerprint density at radius 2 is 1.92 bits per heavy atom. The Morgan fingerprint density at radius 3 is 2.48 bits per heavy atom. The van der Waals surface area contributed by atoms with Gasteiger partial charge in [0.25, 0.3) is 11.8 Å². The molecule has 2 aliphatic heterocycles. The molecular formula is C26H36N12O8S2. The van der Waals surface area contributed by atoms with Crippen LogP contribution < -0.4 is 43.4 Å². The van der Waals surface area contributed by atoms with E-state index in [1.807, 2.05) is 0 Å². The van der Waals surface area contributed by atoms with Gasteiger partial charge in [0.15, 0.2) is 23.2 Å². The number of thioether (sulfide) groups is 1. The van der Waals surface area contributed by atoms with Crippen molar-refractivity contribution in [1.29, 1.82) is 0 Å². The number of anilines is 3. The van der Waals surface area contributed by atoms with Crippen LogP contribution in [0, 0.1) is 5.92 Å². The molecule has 48 heavy (non-hydrogen) atoms. The van der Waals surface area contributed by atoms with Gasteiger partial charge < -0.3 is 53.4 Å². The van der Waals surface area contributed by atoms with E-state index in [4.69, 9.17) is 27.8 Å². The molecule has 0 saturated carbocycles. The fraction of sp³-hybridized carbons (Fsp3) is 0.500. The van der Waals surface area contributed by atoms with Crippen molar-refractivity contribution in [3.8, 4) is 0 Å². The summed E-state index contributed by atoms with van der Waals surface area (Å²) in [7, 11) is 1.62. The van der Waals surface area contributed by atoms with E-state index in [0.29, 0.717) is 37.2 Å². The number of carboxylic acid groups (broad SMARTS) is 2. The highest BCUT2D eigenvalue weighted by molar-refractivity contribution is 8.00. The second-order valence-electron chi connectivity index (χ2n) is 11.3. The number of hydrogen-bond acceptors (Lipinski definition) is 16. The number of carbonyl (C=O) groups excluding carboxylic acids is 4. The highest BCUT2D eigenvalue weighted by Gasteiger charge is 2.53.